The molecule has 0 aromatic carbocycles. The number of thioether (sulfide) groups is 1. The van der Waals surface area contributed by atoms with Gasteiger partial charge in [-0.15, -0.1) is 0 Å². The molecule has 7 nitrogen and oxygen atoms in total. The molecule has 0 amide bonds. The summed E-state index contributed by atoms with van der Waals surface area (Å²) in [4.78, 5) is 8.65. The first-order valence-corrected chi connectivity index (χ1v) is 7.32. The summed E-state index contributed by atoms with van der Waals surface area (Å²) in [6.45, 7) is 1.07. The highest BCUT2D eigenvalue weighted by Crippen LogP contribution is 2.19. The smallest absolute Gasteiger partial charge is 0.226 e. The van der Waals surface area contributed by atoms with Crippen molar-refractivity contribution in [2.24, 2.45) is 0 Å². The van der Waals surface area contributed by atoms with Crippen molar-refractivity contribution in [3.63, 3.8) is 0 Å². The molecule has 0 saturated heterocycles. The first kappa shape index (κ1) is 13.9. The van der Waals surface area contributed by atoms with Crippen LogP contribution in [0.15, 0.2) is 6.20 Å². The van der Waals surface area contributed by atoms with Gasteiger partial charge in [-0.25, -0.2) is 0 Å². The molecular weight excluding hydrogens is 264 g/mol. The summed E-state index contributed by atoms with van der Waals surface area (Å²) in [5.41, 5.74) is 0.717. The molecule has 0 spiro atoms. The fourth-order valence-electron chi connectivity index (χ4n) is 1.59. The molecule has 0 aliphatic rings. The predicted octanol–water partition coefficient (Wildman–Crippen LogP) is 0.922. The Bertz CT molecular complexity index is 517. The molecule has 2 rings (SSSR count). The topological polar surface area (TPSA) is 98.8 Å². The number of hydrogen-bond acceptors (Lipinski definition) is 7. The molecule has 2 aromatic rings. The Morgan fingerprint density at radius 3 is 3.05 bits per heavy atom. The second-order valence-corrected chi connectivity index (χ2v) is 5.12. The van der Waals surface area contributed by atoms with Gasteiger partial charge in [0.2, 0.25) is 5.95 Å². The number of H-pyrrole nitrogens is 1. The maximum Gasteiger partial charge on any atom is 0.226 e. The summed E-state index contributed by atoms with van der Waals surface area (Å²) in [5.74, 6) is 3.29. The van der Waals surface area contributed by atoms with Crippen LogP contribution < -0.4 is 10.6 Å². The fourth-order valence-corrected chi connectivity index (χ4v) is 2.38. The molecule has 19 heavy (non-hydrogen) atoms. The molecule has 0 radical (unpaired) electrons. The van der Waals surface area contributed by atoms with E-state index in [4.69, 9.17) is 5.11 Å². The van der Waals surface area contributed by atoms with Gasteiger partial charge in [-0.1, -0.05) is 0 Å². The summed E-state index contributed by atoms with van der Waals surface area (Å²) >= 11 is 1.81. The Kier molecular flexibility index (Phi) is 5.22. The zero-order valence-corrected chi connectivity index (χ0v) is 11.6. The van der Waals surface area contributed by atoms with E-state index in [-0.39, 0.29) is 6.61 Å². The van der Waals surface area contributed by atoms with E-state index in [2.05, 4.69) is 30.8 Å². The van der Waals surface area contributed by atoms with Crippen LogP contribution in [0.2, 0.25) is 0 Å². The highest BCUT2D eigenvalue weighted by atomic mass is 32.2. The summed E-state index contributed by atoms with van der Waals surface area (Å²) < 4.78 is 0. The van der Waals surface area contributed by atoms with Crippen LogP contribution >= 0.6 is 11.8 Å². The van der Waals surface area contributed by atoms with E-state index in [1.54, 1.807) is 13.2 Å². The molecule has 0 bridgehead atoms. The van der Waals surface area contributed by atoms with Crippen LogP contribution in [0.4, 0.5) is 11.8 Å². The highest BCUT2D eigenvalue weighted by molar-refractivity contribution is 7.99. The lowest BCUT2D eigenvalue weighted by Gasteiger charge is -2.07. The van der Waals surface area contributed by atoms with Crippen LogP contribution in [-0.2, 0) is 0 Å². The second-order valence-electron chi connectivity index (χ2n) is 3.89. The average Bonchev–Trinajstić information content (AvgIpc) is 2.90. The van der Waals surface area contributed by atoms with Crippen molar-refractivity contribution >= 4 is 34.6 Å². The highest BCUT2D eigenvalue weighted by Gasteiger charge is 2.07. The van der Waals surface area contributed by atoms with Gasteiger partial charge >= 0.3 is 0 Å². The van der Waals surface area contributed by atoms with Crippen molar-refractivity contribution in [2.75, 3.05) is 42.3 Å². The van der Waals surface area contributed by atoms with Crippen molar-refractivity contribution in [1.29, 1.82) is 0 Å². The molecule has 0 aliphatic heterocycles. The van der Waals surface area contributed by atoms with Crippen molar-refractivity contribution in [1.82, 2.24) is 20.2 Å². The SMILES string of the molecule is CNc1nc(NCCSCCCO)c2cn[nH]c2n1. The minimum Gasteiger partial charge on any atom is -0.396 e. The summed E-state index contributed by atoms with van der Waals surface area (Å²) in [5, 5.41) is 22.6. The fraction of sp³-hybridized carbons (Fsp3) is 0.545. The third-order valence-electron chi connectivity index (χ3n) is 2.52. The minimum absolute atomic E-state index is 0.257. The van der Waals surface area contributed by atoms with Gasteiger partial charge in [-0.3, -0.25) is 5.10 Å². The Hall–Kier alpha value is -1.54. The van der Waals surface area contributed by atoms with E-state index >= 15 is 0 Å². The predicted molar refractivity (Wildman–Crippen MR) is 78.7 cm³/mol. The van der Waals surface area contributed by atoms with Gasteiger partial charge in [-0.05, 0) is 12.2 Å². The van der Waals surface area contributed by atoms with Gasteiger partial charge in [0.1, 0.15) is 5.82 Å². The summed E-state index contributed by atoms with van der Waals surface area (Å²) in [6, 6.07) is 0. The van der Waals surface area contributed by atoms with E-state index in [9.17, 15) is 0 Å². The molecule has 0 unspecified atom stereocenters. The number of rotatable bonds is 8. The number of anilines is 2. The molecule has 0 atom stereocenters. The Labute approximate surface area is 115 Å². The van der Waals surface area contributed by atoms with Crippen LogP contribution in [0.3, 0.4) is 0 Å². The lowest BCUT2D eigenvalue weighted by Crippen LogP contribution is -2.08. The van der Waals surface area contributed by atoms with Crippen molar-refractivity contribution in [3.05, 3.63) is 6.20 Å². The number of hydrogen-bond donors (Lipinski definition) is 4. The third kappa shape index (κ3) is 3.71. The molecule has 2 aromatic heterocycles. The molecular formula is C11H18N6OS. The molecule has 104 valence electrons. The van der Waals surface area contributed by atoms with Gasteiger partial charge in [0.15, 0.2) is 5.65 Å². The normalized spacial score (nSPS) is 10.8. The Morgan fingerprint density at radius 1 is 1.37 bits per heavy atom. The maximum atomic E-state index is 8.69. The molecule has 0 fully saturated rings. The monoisotopic (exact) mass is 282 g/mol. The van der Waals surface area contributed by atoms with E-state index in [1.165, 1.54) is 0 Å². The summed E-state index contributed by atoms with van der Waals surface area (Å²) in [6.07, 6.45) is 2.56. The number of fused-ring (bicyclic) bond motifs is 1. The number of aromatic nitrogens is 4. The number of aromatic amines is 1. The van der Waals surface area contributed by atoms with Gasteiger partial charge in [0, 0.05) is 26.0 Å². The molecule has 4 N–H and O–H groups in total. The van der Waals surface area contributed by atoms with Crippen LogP contribution in [0.1, 0.15) is 6.42 Å². The van der Waals surface area contributed by atoms with Gasteiger partial charge in [-0.2, -0.15) is 26.8 Å². The largest absolute Gasteiger partial charge is 0.396 e. The van der Waals surface area contributed by atoms with Crippen LogP contribution in [-0.4, -0.2) is 57.0 Å². The van der Waals surface area contributed by atoms with Crippen LogP contribution in [0.25, 0.3) is 11.0 Å². The molecule has 8 heteroatoms. The quantitative estimate of drug-likeness (QED) is 0.534. The first-order chi connectivity index (χ1) is 9.35. The van der Waals surface area contributed by atoms with Gasteiger partial charge < -0.3 is 15.7 Å². The molecule has 0 aliphatic carbocycles. The van der Waals surface area contributed by atoms with Gasteiger partial charge in [0.05, 0.1) is 11.6 Å². The maximum absolute atomic E-state index is 8.69. The number of aliphatic hydroxyl groups is 1. The van der Waals surface area contributed by atoms with Gasteiger partial charge in [0.25, 0.3) is 0 Å². The molecule has 2 heterocycles. The lowest BCUT2D eigenvalue weighted by molar-refractivity contribution is 0.296. The Balaban J connectivity index is 1.93. The van der Waals surface area contributed by atoms with Crippen LogP contribution in [0, 0.1) is 0 Å². The number of nitrogens with zero attached hydrogens (tertiary/aromatic N) is 3. The third-order valence-corrected chi connectivity index (χ3v) is 3.59. The van der Waals surface area contributed by atoms with E-state index in [0.29, 0.717) is 5.95 Å². The van der Waals surface area contributed by atoms with Crippen molar-refractivity contribution < 1.29 is 5.11 Å². The molecule has 0 saturated carbocycles. The van der Waals surface area contributed by atoms with Crippen molar-refractivity contribution in [3.8, 4) is 0 Å². The standard InChI is InChI=1S/C11H18N6OS/c1-12-11-15-9(8-7-14-17-10(8)16-11)13-3-6-19-5-2-4-18/h7,18H,2-6H2,1H3,(H3,12,13,14,15,16,17). The van der Waals surface area contributed by atoms with Crippen LogP contribution in [0.5, 0.6) is 0 Å². The lowest BCUT2D eigenvalue weighted by atomic mass is 10.4. The zero-order valence-electron chi connectivity index (χ0n) is 10.8. The Morgan fingerprint density at radius 2 is 2.26 bits per heavy atom. The summed E-state index contributed by atoms with van der Waals surface area (Å²) in [7, 11) is 1.78. The van der Waals surface area contributed by atoms with E-state index in [1.807, 2.05) is 11.8 Å². The zero-order chi connectivity index (χ0) is 13.5. The second kappa shape index (κ2) is 7.15. The average molecular weight is 282 g/mol. The minimum atomic E-state index is 0.257. The number of nitrogens with one attached hydrogen (secondary N) is 3. The van der Waals surface area contributed by atoms with E-state index in [0.717, 1.165) is 41.3 Å². The van der Waals surface area contributed by atoms with E-state index < -0.39 is 0 Å². The first-order valence-electron chi connectivity index (χ1n) is 6.16. The van der Waals surface area contributed by atoms with Crippen molar-refractivity contribution in [2.45, 2.75) is 6.42 Å². The number of aliphatic hydroxyl groups excluding tert-OH is 1.